The summed E-state index contributed by atoms with van der Waals surface area (Å²) in [5, 5.41) is 11.1. The van der Waals surface area contributed by atoms with Crippen molar-refractivity contribution in [3.63, 3.8) is 0 Å². The number of hydrogen-bond acceptors (Lipinski definition) is 2. The van der Waals surface area contributed by atoms with Crippen LogP contribution < -0.4 is 0 Å². The van der Waals surface area contributed by atoms with E-state index in [1.807, 2.05) is 0 Å². The lowest BCUT2D eigenvalue weighted by Crippen LogP contribution is -2.65. The fraction of sp³-hybridized carbons (Fsp3) is 0.850. The molecule has 0 bridgehead atoms. The molecule has 0 spiro atoms. The third-order valence-electron chi connectivity index (χ3n) is 8.44. The fourth-order valence-electron chi connectivity index (χ4n) is 7.00. The molecule has 28 heavy (non-hydrogen) atoms. The largest absolute Gasteiger partial charge is 0.456 e. The van der Waals surface area contributed by atoms with E-state index in [1.54, 1.807) is 0 Å². The molecule has 0 radical (unpaired) electrons. The van der Waals surface area contributed by atoms with Crippen molar-refractivity contribution in [2.24, 2.45) is 29.1 Å². The van der Waals surface area contributed by atoms with Gasteiger partial charge in [0, 0.05) is 11.8 Å². The Hall–Kier alpha value is -0.690. The number of halogens is 6. The zero-order chi connectivity index (χ0) is 20.7. The molecule has 3 fully saturated rings. The van der Waals surface area contributed by atoms with Crippen LogP contribution in [0.2, 0.25) is 0 Å². The van der Waals surface area contributed by atoms with Crippen molar-refractivity contribution in [3.05, 3.63) is 10.6 Å². The number of hydrogen-bond donors (Lipinski definition) is 1. The lowest BCUT2D eigenvalue weighted by atomic mass is 9.50. The number of carbonyl (C=O) groups excluding carboxylic acids is 1. The van der Waals surface area contributed by atoms with Gasteiger partial charge in [0.25, 0.3) is 0 Å². The summed E-state index contributed by atoms with van der Waals surface area (Å²) in [7, 11) is 0. The summed E-state index contributed by atoms with van der Waals surface area (Å²) in [5.41, 5.74) is -3.62. The molecule has 8 heteroatoms. The molecule has 0 saturated heterocycles. The number of rotatable bonds is 1. The molecular formula is C20H24ClF5O2. The predicted molar refractivity (Wildman–Crippen MR) is 92.8 cm³/mol. The Kier molecular flexibility index (Phi) is 4.53. The Morgan fingerprint density at radius 2 is 1.68 bits per heavy atom. The molecule has 0 aromatic carbocycles. The van der Waals surface area contributed by atoms with E-state index in [0.29, 0.717) is 37.1 Å². The second kappa shape index (κ2) is 6.16. The molecule has 0 aliphatic heterocycles. The van der Waals surface area contributed by atoms with Crippen LogP contribution in [-0.4, -0.2) is 28.6 Å². The molecule has 2 nitrogen and oxygen atoms in total. The van der Waals surface area contributed by atoms with Crippen molar-refractivity contribution in [1.29, 1.82) is 0 Å². The summed E-state index contributed by atoms with van der Waals surface area (Å²) < 4.78 is 68.2. The van der Waals surface area contributed by atoms with Crippen LogP contribution in [0.3, 0.4) is 0 Å². The summed E-state index contributed by atoms with van der Waals surface area (Å²) in [4.78, 5) is 11.9. The Balaban J connectivity index is 1.68. The first-order valence-corrected chi connectivity index (χ1v) is 10.3. The molecule has 3 saturated carbocycles. The van der Waals surface area contributed by atoms with Crippen molar-refractivity contribution < 1.29 is 31.9 Å². The highest BCUT2D eigenvalue weighted by molar-refractivity contribution is 6.43. The second-order valence-electron chi connectivity index (χ2n) is 9.31. The normalized spacial score (nSPS) is 44.2. The zero-order valence-corrected chi connectivity index (χ0v) is 16.3. The first kappa shape index (κ1) is 20.6. The SMILES string of the molecule is C[C@]12CC[C@H]3[C@@H](CCC4=C(Cl)C(=O)CC[C@@H]43)[C@@H]1CCC2(O)C(F)(F)C(F)(F)F. The molecular weight excluding hydrogens is 403 g/mol. The number of aliphatic hydroxyl groups is 1. The van der Waals surface area contributed by atoms with E-state index >= 15 is 0 Å². The van der Waals surface area contributed by atoms with Gasteiger partial charge in [-0.05, 0) is 74.2 Å². The number of ketones is 1. The molecule has 1 unspecified atom stereocenters. The molecule has 158 valence electrons. The number of carbonyl (C=O) groups is 1. The molecule has 0 amide bonds. The van der Waals surface area contributed by atoms with Gasteiger partial charge in [-0.2, -0.15) is 22.0 Å². The van der Waals surface area contributed by atoms with Crippen molar-refractivity contribution in [1.82, 2.24) is 0 Å². The van der Waals surface area contributed by atoms with Crippen LogP contribution in [0.1, 0.15) is 58.3 Å². The average molecular weight is 427 g/mol. The van der Waals surface area contributed by atoms with Crippen molar-refractivity contribution >= 4 is 17.4 Å². The third-order valence-corrected chi connectivity index (χ3v) is 8.89. The third kappa shape index (κ3) is 2.44. The van der Waals surface area contributed by atoms with Gasteiger partial charge < -0.3 is 5.11 Å². The minimum atomic E-state index is -5.78. The highest BCUT2D eigenvalue weighted by Crippen LogP contribution is 2.69. The lowest BCUT2D eigenvalue weighted by molar-refractivity contribution is -0.363. The molecule has 0 heterocycles. The molecule has 0 aromatic rings. The number of Topliss-reactive ketones (excluding diaryl/α,β-unsaturated/α-hetero) is 1. The number of allylic oxidation sites excluding steroid dienone is 1. The van der Waals surface area contributed by atoms with Gasteiger partial charge >= 0.3 is 12.1 Å². The van der Waals surface area contributed by atoms with E-state index in [0.717, 1.165) is 5.57 Å². The standard InChI is InChI=1S/C20H24ClF5O2/c1-17-8-6-11-10-4-5-15(27)16(21)13(10)3-2-12(11)14(17)7-9-18(17,28)19(22,23)20(24,25)26/h10-12,14,28H,2-9H2,1H3/t10-,11-,12-,14+,17+,18?/m1/s1. The van der Waals surface area contributed by atoms with Crippen LogP contribution in [0, 0.1) is 29.1 Å². The van der Waals surface area contributed by atoms with Crippen LogP contribution in [0.4, 0.5) is 22.0 Å². The Labute approximate surface area is 165 Å². The summed E-state index contributed by atoms with van der Waals surface area (Å²) in [6, 6.07) is 0. The van der Waals surface area contributed by atoms with Crippen LogP contribution >= 0.6 is 11.6 Å². The average Bonchev–Trinajstić information content (AvgIpc) is 2.90. The van der Waals surface area contributed by atoms with Gasteiger partial charge in [-0.1, -0.05) is 18.5 Å². The Morgan fingerprint density at radius 1 is 1.00 bits per heavy atom. The first-order valence-electron chi connectivity index (χ1n) is 9.94. The van der Waals surface area contributed by atoms with Gasteiger partial charge in [0.2, 0.25) is 0 Å². The monoisotopic (exact) mass is 426 g/mol. The quantitative estimate of drug-likeness (QED) is 0.552. The maximum Gasteiger partial charge on any atom is 0.456 e. The molecule has 1 N–H and O–H groups in total. The van der Waals surface area contributed by atoms with E-state index in [1.165, 1.54) is 6.92 Å². The fourth-order valence-corrected chi connectivity index (χ4v) is 7.33. The van der Waals surface area contributed by atoms with E-state index in [2.05, 4.69) is 0 Å². The Bertz CT molecular complexity index is 733. The van der Waals surface area contributed by atoms with Gasteiger partial charge in [0.1, 0.15) is 5.60 Å². The van der Waals surface area contributed by atoms with E-state index in [9.17, 15) is 31.9 Å². The van der Waals surface area contributed by atoms with Gasteiger partial charge in [-0.15, -0.1) is 0 Å². The first-order chi connectivity index (χ1) is 12.8. The maximum absolute atomic E-state index is 14.4. The number of fused-ring (bicyclic) bond motifs is 5. The molecule has 4 rings (SSSR count). The Morgan fingerprint density at radius 3 is 2.32 bits per heavy atom. The van der Waals surface area contributed by atoms with Crippen LogP contribution in [0.5, 0.6) is 0 Å². The molecule has 4 aliphatic rings. The van der Waals surface area contributed by atoms with Gasteiger partial charge in [-0.3, -0.25) is 4.79 Å². The second-order valence-corrected chi connectivity index (χ2v) is 9.69. The molecule has 0 aromatic heterocycles. The van der Waals surface area contributed by atoms with Gasteiger partial charge in [0.15, 0.2) is 5.78 Å². The number of alkyl halides is 5. The smallest absolute Gasteiger partial charge is 0.383 e. The minimum Gasteiger partial charge on any atom is -0.383 e. The van der Waals surface area contributed by atoms with Crippen LogP contribution in [0.15, 0.2) is 10.6 Å². The van der Waals surface area contributed by atoms with Crippen molar-refractivity contribution in [2.45, 2.75) is 76.0 Å². The van der Waals surface area contributed by atoms with Crippen LogP contribution in [0.25, 0.3) is 0 Å². The lowest BCUT2D eigenvalue weighted by Gasteiger charge is -2.56. The van der Waals surface area contributed by atoms with Crippen molar-refractivity contribution in [2.75, 3.05) is 0 Å². The minimum absolute atomic E-state index is 0.0248. The van der Waals surface area contributed by atoms with Gasteiger partial charge in [0.05, 0.1) is 5.03 Å². The molecule has 4 aliphatic carbocycles. The van der Waals surface area contributed by atoms with E-state index in [-0.39, 0.29) is 42.3 Å². The maximum atomic E-state index is 14.4. The van der Waals surface area contributed by atoms with Crippen LogP contribution in [-0.2, 0) is 4.79 Å². The molecule has 6 atom stereocenters. The van der Waals surface area contributed by atoms with E-state index < -0.39 is 29.5 Å². The summed E-state index contributed by atoms with van der Waals surface area (Å²) >= 11 is 6.23. The van der Waals surface area contributed by atoms with Gasteiger partial charge in [-0.25, -0.2) is 0 Å². The summed E-state index contributed by atoms with van der Waals surface area (Å²) in [6.45, 7) is 1.42. The topological polar surface area (TPSA) is 37.3 Å². The van der Waals surface area contributed by atoms with E-state index in [4.69, 9.17) is 11.6 Å². The zero-order valence-electron chi connectivity index (χ0n) is 15.6. The highest BCUT2D eigenvalue weighted by Gasteiger charge is 2.78. The highest BCUT2D eigenvalue weighted by atomic mass is 35.5. The predicted octanol–water partition coefficient (Wildman–Crippen LogP) is 5.62. The summed E-state index contributed by atoms with van der Waals surface area (Å²) in [6.07, 6.45) is -3.35. The summed E-state index contributed by atoms with van der Waals surface area (Å²) in [5.74, 6) is -5.38. The van der Waals surface area contributed by atoms with Crippen molar-refractivity contribution in [3.8, 4) is 0 Å².